The molecule has 0 aromatic carbocycles. The lowest BCUT2D eigenvalue weighted by Gasteiger charge is -2.50. The van der Waals surface area contributed by atoms with Crippen molar-refractivity contribution in [2.24, 2.45) is 11.3 Å². The van der Waals surface area contributed by atoms with Crippen molar-refractivity contribution in [3.05, 3.63) is 0 Å². The Bertz CT molecular complexity index is 290. The summed E-state index contributed by atoms with van der Waals surface area (Å²) >= 11 is 0. The van der Waals surface area contributed by atoms with Crippen molar-refractivity contribution >= 4 is 0 Å². The summed E-state index contributed by atoms with van der Waals surface area (Å²) in [5, 5.41) is 10.1. The van der Waals surface area contributed by atoms with E-state index in [1.54, 1.807) is 0 Å². The Morgan fingerprint density at radius 3 is 2.33 bits per heavy atom. The van der Waals surface area contributed by atoms with Crippen LogP contribution in [0.4, 0.5) is 0 Å². The molecular formula is C16H31NO. The number of hydrogen-bond donors (Lipinski definition) is 1. The van der Waals surface area contributed by atoms with E-state index in [0.29, 0.717) is 17.0 Å². The van der Waals surface area contributed by atoms with Gasteiger partial charge in [-0.1, -0.05) is 20.8 Å². The van der Waals surface area contributed by atoms with E-state index in [-0.39, 0.29) is 6.10 Å². The highest BCUT2D eigenvalue weighted by molar-refractivity contribution is 4.99. The van der Waals surface area contributed by atoms with Crippen LogP contribution in [0.5, 0.6) is 0 Å². The van der Waals surface area contributed by atoms with Crippen LogP contribution < -0.4 is 0 Å². The standard InChI is InChI=1S/C16H31NO/c1-15(2,3)13-8-7-12(18)11-14(13)17-10-6-9-16(17,4)5/h12-14,18H,6-11H2,1-5H3. The van der Waals surface area contributed by atoms with E-state index < -0.39 is 0 Å². The first-order valence-electron chi connectivity index (χ1n) is 7.66. The number of aliphatic hydroxyl groups excluding tert-OH is 1. The summed E-state index contributed by atoms with van der Waals surface area (Å²) in [6.07, 6.45) is 5.69. The lowest BCUT2D eigenvalue weighted by atomic mass is 9.68. The summed E-state index contributed by atoms with van der Waals surface area (Å²) in [6.45, 7) is 13.1. The van der Waals surface area contributed by atoms with E-state index >= 15 is 0 Å². The van der Waals surface area contributed by atoms with Crippen LogP contribution in [-0.4, -0.2) is 34.2 Å². The molecule has 1 saturated carbocycles. The van der Waals surface area contributed by atoms with Crippen molar-refractivity contribution in [1.82, 2.24) is 4.90 Å². The van der Waals surface area contributed by atoms with Crippen molar-refractivity contribution in [1.29, 1.82) is 0 Å². The molecule has 0 radical (unpaired) electrons. The maximum Gasteiger partial charge on any atom is 0.0555 e. The minimum Gasteiger partial charge on any atom is -0.393 e. The van der Waals surface area contributed by atoms with Gasteiger partial charge in [-0.05, 0) is 63.8 Å². The van der Waals surface area contributed by atoms with Crippen molar-refractivity contribution in [3.63, 3.8) is 0 Å². The fraction of sp³-hybridized carbons (Fsp3) is 1.00. The maximum atomic E-state index is 10.1. The molecule has 18 heavy (non-hydrogen) atoms. The first-order valence-corrected chi connectivity index (χ1v) is 7.66. The molecule has 3 unspecified atom stereocenters. The zero-order valence-corrected chi connectivity index (χ0v) is 12.9. The Morgan fingerprint density at radius 1 is 1.17 bits per heavy atom. The van der Waals surface area contributed by atoms with Gasteiger partial charge in [0.25, 0.3) is 0 Å². The molecule has 0 bridgehead atoms. The quantitative estimate of drug-likeness (QED) is 0.774. The highest BCUT2D eigenvalue weighted by Gasteiger charge is 2.45. The zero-order valence-electron chi connectivity index (χ0n) is 12.9. The first-order chi connectivity index (χ1) is 8.22. The molecule has 1 aliphatic heterocycles. The summed E-state index contributed by atoms with van der Waals surface area (Å²) < 4.78 is 0. The number of hydrogen-bond acceptors (Lipinski definition) is 2. The smallest absolute Gasteiger partial charge is 0.0555 e. The molecule has 106 valence electrons. The minimum atomic E-state index is -0.0787. The summed E-state index contributed by atoms with van der Waals surface area (Å²) in [6, 6.07) is 0.575. The summed E-state index contributed by atoms with van der Waals surface area (Å²) in [5.41, 5.74) is 0.675. The summed E-state index contributed by atoms with van der Waals surface area (Å²) in [7, 11) is 0. The molecule has 2 nitrogen and oxygen atoms in total. The molecule has 2 rings (SSSR count). The average Bonchev–Trinajstić information content (AvgIpc) is 2.55. The van der Waals surface area contributed by atoms with E-state index in [0.717, 1.165) is 18.8 Å². The highest BCUT2D eigenvalue weighted by atomic mass is 16.3. The lowest BCUT2D eigenvalue weighted by molar-refractivity contribution is -0.0334. The Kier molecular flexibility index (Phi) is 3.81. The summed E-state index contributed by atoms with van der Waals surface area (Å²) in [4.78, 5) is 2.70. The van der Waals surface area contributed by atoms with E-state index in [1.165, 1.54) is 25.8 Å². The fourth-order valence-corrected chi connectivity index (χ4v) is 4.22. The molecule has 1 aliphatic carbocycles. The van der Waals surface area contributed by atoms with Crippen molar-refractivity contribution in [3.8, 4) is 0 Å². The average molecular weight is 253 g/mol. The van der Waals surface area contributed by atoms with Crippen LogP contribution in [0.1, 0.15) is 66.7 Å². The van der Waals surface area contributed by atoms with Crippen molar-refractivity contribution in [2.45, 2.75) is 84.4 Å². The predicted molar refractivity (Wildman–Crippen MR) is 76.6 cm³/mol. The first kappa shape index (κ1) is 14.3. The molecule has 2 fully saturated rings. The van der Waals surface area contributed by atoms with Crippen LogP contribution in [-0.2, 0) is 0 Å². The second kappa shape index (κ2) is 4.79. The van der Waals surface area contributed by atoms with Gasteiger partial charge < -0.3 is 5.11 Å². The predicted octanol–water partition coefficient (Wildman–Crippen LogP) is 3.44. The minimum absolute atomic E-state index is 0.0787. The second-order valence-corrected chi connectivity index (χ2v) is 8.12. The van der Waals surface area contributed by atoms with E-state index in [9.17, 15) is 5.11 Å². The molecule has 2 aliphatic rings. The van der Waals surface area contributed by atoms with Gasteiger partial charge in [0.2, 0.25) is 0 Å². The number of nitrogens with zero attached hydrogens (tertiary/aromatic N) is 1. The number of rotatable bonds is 1. The third kappa shape index (κ3) is 2.75. The van der Waals surface area contributed by atoms with Gasteiger partial charge in [0.15, 0.2) is 0 Å². The Morgan fingerprint density at radius 2 is 1.83 bits per heavy atom. The molecule has 0 spiro atoms. The van der Waals surface area contributed by atoms with Crippen LogP contribution in [0.2, 0.25) is 0 Å². The largest absolute Gasteiger partial charge is 0.393 e. The number of aliphatic hydroxyl groups is 1. The number of likely N-dealkylation sites (tertiary alicyclic amines) is 1. The Labute approximate surface area is 113 Å². The fourth-order valence-electron chi connectivity index (χ4n) is 4.22. The zero-order chi connectivity index (χ0) is 13.6. The molecule has 1 heterocycles. The van der Waals surface area contributed by atoms with Gasteiger partial charge in [-0.25, -0.2) is 0 Å². The molecule has 3 atom stereocenters. The van der Waals surface area contributed by atoms with Crippen molar-refractivity contribution < 1.29 is 5.11 Å². The molecule has 1 saturated heterocycles. The SMILES string of the molecule is CC(C)(C)C1CCC(O)CC1N1CCCC1(C)C. The lowest BCUT2D eigenvalue weighted by Crippen LogP contribution is -2.54. The van der Waals surface area contributed by atoms with Crippen LogP contribution in [0.3, 0.4) is 0 Å². The molecular weight excluding hydrogens is 222 g/mol. The van der Waals surface area contributed by atoms with E-state index in [4.69, 9.17) is 0 Å². The molecule has 2 heteroatoms. The molecule has 1 N–H and O–H groups in total. The van der Waals surface area contributed by atoms with Crippen molar-refractivity contribution in [2.75, 3.05) is 6.54 Å². The van der Waals surface area contributed by atoms with Gasteiger partial charge in [0.1, 0.15) is 0 Å². The van der Waals surface area contributed by atoms with Gasteiger partial charge in [-0.3, -0.25) is 4.90 Å². The van der Waals surface area contributed by atoms with E-state index in [1.807, 2.05) is 0 Å². The second-order valence-electron chi connectivity index (χ2n) is 8.12. The Balaban J connectivity index is 2.20. The van der Waals surface area contributed by atoms with Crippen LogP contribution >= 0.6 is 0 Å². The topological polar surface area (TPSA) is 23.5 Å². The van der Waals surface area contributed by atoms with Gasteiger partial charge in [-0.2, -0.15) is 0 Å². The molecule has 0 amide bonds. The van der Waals surface area contributed by atoms with Crippen LogP contribution in [0.25, 0.3) is 0 Å². The molecule has 0 aromatic rings. The van der Waals surface area contributed by atoms with Crippen LogP contribution in [0.15, 0.2) is 0 Å². The van der Waals surface area contributed by atoms with Gasteiger partial charge in [-0.15, -0.1) is 0 Å². The van der Waals surface area contributed by atoms with Gasteiger partial charge >= 0.3 is 0 Å². The third-order valence-corrected chi connectivity index (χ3v) is 5.27. The monoisotopic (exact) mass is 253 g/mol. The summed E-state index contributed by atoms with van der Waals surface area (Å²) in [5.74, 6) is 0.721. The Hall–Kier alpha value is -0.0800. The van der Waals surface area contributed by atoms with Gasteiger partial charge in [0, 0.05) is 11.6 Å². The van der Waals surface area contributed by atoms with E-state index in [2.05, 4.69) is 39.5 Å². The molecule has 0 aromatic heterocycles. The maximum absolute atomic E-state index is 10.1. The normalized spacial score (nSPS) is 38.0. The van der Waals surface area contributed by atoms with Crippen LogP contribution in [0, 0.1) is 11.3 Å². The third-order valence-electron chi connectivity index (χ3n) is 5.27. The van der Waals surface area contributed by atoms with Gasteiger partial charge in [0.05, 0.1) is 6.10 Å². The highest BCUT2D eigenvalue weighted by Crippen LogP contribution is 2.44.